The molecule has 0 aliphatic heterocycles. The Morgan fingerprint density at radius 3 is 2.73 bits per heavy atom. The number of halogens is 1. The molecule has 0 bridgehead atoms. The highest BCUT2D eigenvalue weighted by atomic mass is 35.5. The summed E-state index contributed by atoms with van der Waals surface area (Å²) in [5.74, 6) is 0.480. The molecule has 1 N–H and O–H groups in total. The van der Waals surface area contributed by atoms with E-state index in [0.29, 0.717) is 27.7 Å². The Labute approximate surface area is 159 Å². The highest BCUT2D eigenvalue weighted by Gasteiger charge is 2.14. The van der Waals surface area contributed by atoms with Crippen molar-refractivity contribution < 1.29 is 9.53 Å². The van der Waals surface area contributed by atoms with Crippen molar-refractivity contribution in [2.24, 2.45) is 0 Å². The van der Waals surface area contributed by atoms with Crippen LogP contribution < -0.4 is 10.1 Å². The van der Waals surface area contributed by atoms with Crippen molar-refractivity contribution in [3.05, 3.63) is 70.1 Å². The molecule has 0 aliphatic carbocycles. The van der Waals surface area contributed by atoms with Gasteiger partial charge in [0.2, 0.25) is 0 Å². The minimum absolute atomic E-state index is 0.107. The lowest BCUT2D eigenvalue weighted by atomic mass is 10.2. The van der Waals surface area contributed by atoms with Gasteiger partial charge in [-0.2, -0.15) is 0 Å². The van der Waals surface area contributed by atoms with Gasteiger partial charge in [0.25, 0.3) is 5.91 Å². The summed E-state index contributed by atoms with van der Waals surface area (Å²) >= 11 is 7.72. The Morgan fingerprint density at radius 2 is 1.96 bits per heavy atom. The number of thiophene rings is 1. The number of ether oxygens (including phenoxy) is 1. The topological polar surface area (TPSA) is 51.2 Å². The summed E-state index contributed by atoms with van der Waals surface area (Å²) in [5.41, 5.74) is 1.74. The second-order valence-electron chi connectivity index (χ2n) is 5.82. The molecule has 0 saturated carbocycles. The Bertz CT molecular complexity index is 1110. The van der Waals surface area contributed by atoms with Crippen molar-refractivity contribution in [3.8, 4) is 5.75 Å². The molecule has 2 aromatic carbocycles. The summed E-state index contributed by atoms with van der Waals surface area (Å²) in [6, 6.07) is 17.4. The van der Waals surface area contributed by atoms with E-state index >= 15 is 0 Å². The average Bonchev–Trinajstić information content (AvgIpc) is 3.09. The lowest BCUT2D eigenvalue weighted by Gasteiger charge is -2.05. The zero-order valence-corrected chi connectivity index (χ0v) is 15.5. The van der Waals surface area contributed by atoms with Crippen molar-refractivity contribution in [3.63, 3.8) is 0 Å². The molecule has 0 saturated heterocycles. The maximum atomic E-state index is 12.5. The lowest BCUT2D eigenvalue weighted by molar-refractivity contribution is 0.0955. The molecule has 6 heteroatoms. The van der Waals surface area contributed by atoms with E-state index in [0.717, 1.165) is 21.2 Å². The fraction of sp³-hybridized carbons (Fsp3) is 0.100. The van der Waals surface area contributed by atoms with Gasteiger partial charge in [0.05, 0.1) is 17.5 Å². The second kappa shape index (κ2) is 6.94. The van der Waals surface area contributed by atoms with Crippen molar-refractivity contribution in [2.45, 2.75) is 6.54 Å². The van der Waals surface area contributed by atoms with E-state index < -0.39 is 0 Å². The van der Waals surface area contributed by atoms with E-state index in [1.54, 1.807) is 7.11 Å². The van der Waals surface area contributed by atoms with Gasteiger partial charge in [0, 0.05) is 17.3 Å². The normalized spacial score (nSPS) is 11.0. The van der Waals surface area contributed by atoms with Crippen molar-refractivity contribution >= 4 is 50.0 Å². The van der Waals surface area contributed by atoms with Crippen LogP contribution in [0.3, 0.4) is 0 Å². The van der Waals surface area contributed by atoms with Gasteiger partial charge in [-0.1, -0.05) is 41.9 Å². The van der Waals surface area contributed by atoms with Crippen LogP contribution in [-0.2, 0) is 6.54 Å². The maximum Gasteiger partial charge on any atom is 0.261 e. The first-order chi connectivity index (χ1) is 12.7. The first-order valence-corrected chi connectivity index (χ1v) is 9.24. The molecule has 4 aromatic rings. The molecule has 1 amide bonds. The third kappa shape index (κ3) is 3.11. The largest absolute Gasteiger partial charge is 0.495 e. The molecule has 0 unspecified atom stereocenters. The number of rotatable bonds is 4. The third-order valence-electron chi connectivity index (χ3n) is 4.12. The molecule has 0 fully saturated rings. The SMILES string of the molecule is COc1ccc2cc3cc(C(=O)NCc4ccccc4)sc3nc2c1Cl. The smallest absolute Gasteiger partial charge is 0.261 e. The molecule has 4 rings (SSSR count). The Balaban J connectivity index is 1.65. The van der Waals surface area contributed by atoms with Gasteiger partial charge in [0.1, 0.15) is 15.6 Å². The molecule has 0 aliphatic rings. The third-order valence-corrected chi connectivity index (χ3v) is 5.52. The Kier molecular flexibility index (Phi) is 4.49. The van der Waals surface area contributed by atoms with Crippen LogP contribution in [0.25, 0.3) is 21.1 Å². The number of nitrogens with one attached hydrogen (secondary N) is 1. The monoisotopic (exact) mass is 382 g/mol. The molecule has 0 spiro atoms. The van der Waals surface area contributed by atoms with Gasteiger partial charge in [-0.05, 0) is 29.8 Å². The number of amides is 1. The minimum atomic E-state index is -0.107. The number of aromatic nitrogens is 1. The standard InChI is InChI=1S/C20H15ClN2O2S/c1-25-15-8-7-13-9-14-10-16(26-20(14)23-18(13)17(15)21)19(24)22-11-12-5-3-2-4-6-12/h2-10H,11H2,1H3,(H,22,24). The number of pyridine rings is 1. The van der Waals surface area contributed by atoms with Crippen LogP contribution in [0.2, 0.25) is 5.02 Å². The number of fused-ring (bicyclic) bond motifs is 2. The van der Waals surface area contributed by atoms with Crippen molar-refractivity contribution in [1.82, 2.24) is 10.3 Å². The van der Waals surface area contributed by atoms with Gasteiger partial charge in [-0.15, -0.1) is 11.3 Å². The molecule has 26 heavy (non-hydrogen) atoms. The molecular weight excluding hydrogens is 368 g/mol. The summed E-state index contributed by atoms with van der Waals surface area (Å²) in [4.78, 5) is 18.5. The van der Waals surface area contributed by atoms with Crippen LogP contribution in [-0.4, -0.2) is 18.0 Å². The van der Waals surface area contributed by atoms with Crippen LogP contribution in [0.5, 0.6) is 5.75 Å². The Hall–Kier alpha value is -2.63. The van der Waals surface area contributed by atoms with E-state index in [1.807, 2.05) is 54.6 Å². The summed E-state index contributed by atoms with van der Waals surface area (Å²) in [7, 11) is 1.58. The molecule has 4 nitrogen and oxygen atoms in total. The highest BCUT2D eigenvalue weighted by Crippen LogP contribution is 2.35. The summed E-state index contributed by atoms with van der Waals surface area (Å²) in [5, 5.41) is 5.27. The molecule has 130 valence electrons. The van der Waals surface area contributed by atoms with Crippen LogP contribution in [0, 0.1) is 0 Å². The fourth-order valence-corrected chi connectivity index (χ4v) is 4.00. The van der Waals surface area contributed by atoms with Gasteiger partial charge in [-0.3, -0.25) is 4.79 Å². The summed E-state index contributed by atoms with van der Waals surface area (Å²) in [6.07, 6.45) is 0. The van der Waals surface area contributed by atoms with Crippen LogP contribution in [0.1, 0.15) is 15.2 Å². The molecular formula is C20H15ClN2O2S. The number of hydrogen-bond donors (Lipinski definition) is 1. The van der Waals surface area contributed by atoms with Crippen LogP contribution in [0.4, 0.5) is 0 Å². The van der Waals surface area contributed by atoms with Gasteiger partial charge in [0.15, 0.2) is 0 Å². The first kappa shape index (κ1) is 16.8. The van der Waals surface area contributed by atoms with E-state index in [4.69, 9.17) is 16.3 Å². The van der Waals surface area contributed by atoms with Gasteiger partial charge >= 0.3 is 0 Å². The van der Waals surface area contributed by atoms with E-state index in [2.05, 4.69) is 10.3 Å². The van der Waals surface area contributed by atoms with Crippen molar-refractivity contribution in [2.75, 3.05) is 7.11 Å². The molecule has 2 aromatic heterocycles. The molecule has 0 radical (unpaired) electrons. The first-order valence-electron chi connectivity index (χ1n) is 8.04. The zero-order valence-electron chi connectivity index (χ0n) is 14.0. The zero-order chi connectivity index (χ0) is 18.1. The second-order valence-corrected chi connectivity index (χ2v) is 7.22. The quantitative estimate of drug-likeness (QED) is 0.537. The van der Waals surface area contributed by atoms with Gasteiger partial charge < -0.3 is 10.1 Å². The minimum Gasteiger partial charge on any atom is -0.495 e. The van der Waals surface area contributed by atoms with E-state index in [9.17, 15) is 4.79 Å². The molecule has 2 heterocycles. The lowest BCUT2D eigenvalue weighted by Crippen LogP contribution is -2.21. The predicted molar refractivity (Wildman–Crippen MR) is 106 cm³/mol. The van der Waals surface area contributed by atoms with E-state index in [-0.39, 0.29) is 5.91 Å². The molecule has 0 atom stereocenters. The highest BCUT2D eigenvalue weighted by molar-refractivity contribution is 7.20. The van der Waals surface area contributed by atoms with Crippen LogP contribution in [0.15, 0.2) is 54.6 Å². The number of hydrogen-bond acceptors (Lipinski definition) is 4. The maximum absolute atomic E-state index is 12.5. The number of methoxy groups -OCH3 is 1. The van der Waals surface area contributed by atoms with Crippen LogP contribution >= 0.6 is 22.9 Å². The summed E-state index contributed by atoms with van der Waals surface area (Å²) < 4.78 is 5.25. The summed E-state index contributed by atoms with van der Waals surface area (Å²) in [6.45, 7) is 0.492. The fourth-order valence-electron chi connectivity index (χ4n) is 2.78. The van der Waals surface area contributed by atoms with Crippen molar-refractivity contribution in [1.29, 1.82) is 0 Å². The number of carbonyl (C=O) groups is 1. The number of nitrogens with zero attached hydrogens (tertiary/aromatic N) is 1. The number of benzene rings is 2. The number of carbonyl (C=O) groups excluding carboxylic acids is 1. The van der Waals surface area contributed by atoms with Gasteiger partial charge in [-0.25, -0.2) is 4.98 Å². The predicted octanol–water partition coefficient (Wildman–Crippen LogP) is 5.04. The van der Waals surface area contributed by atoms with E-state index in [1.165, 1.54) is 11.3 Å². The average molecular weight is 383 g/mol. The Morgan fingerprint density at radius 1 is 1.15 bits per heavy atom.